The van der Waals surface area contributed by atoms with Gasteiger partial charge in [0.25, 0.3) is 0 Å². The van der Waals surface area contributed by atoms with Crippen molar-refractivity contribution >= 4 is 29.9 Å². The maximum absolute atomic E-state index is 12.8. The van der Waals surface area contributed by atoms with Crippen LogP contribution in [0.1, 0.15) is 37.2 Å². The van der Waals surface area contributed by atoms with Crippen LogP contribution < -0.4 is 5.32 Å². The molecule has 1 aromatic rings. The number of nitrogens with zero attached hydrogens (tertiary/aromatic N) is 1. The van der Waals surface area contributed by atoms with Gasteiger partial charge in [-0.3, -0.25) is 4.79 Å². The number of halogens is 2. The van der Waals surface area contributed by atoms with Gasteiger partial charge in [0.15, 0.2) is 0 Å². The SMILES string of the molecule is Cl.O=C(C1CC12CCNCC2)N1CCC(c2ccc(Cl)cc2)C1. The Morgan fingerprint density at radius 1 is 1.22 bits per heavy atom. The number of nitrogens with one attached hydrogen (secondary N) is 1. The lowest BCUT2D eigenvalue weighted by atomic mass is 9.91. The molecule has 2 saturated heterocycles. The minimum absolute atomic E-state index is 0. The molecule has 0 radical (unpaired) electrons. The van der Waals surface area contributed by atoms with Crippen LogP contribution >= 0.6 is 24.0 Å². The van der Waals surface area contributed by atoms with Crippen molar-refractivity contribution in [2.45, 2.75) is 31.6 Å². The van der Waals surface area contributed by atoms with Crippen LogP contribution in [0.25, 0.3) is 0 Å². The zero-order valence-electron chi connectivity index (χ0n) is 13.3. The van der Waals surface area contributed by atoms with Gasteiger partial charge >= 0.3 is 0 Å². The van der Waals surface area contributed by atoms with Crippen molar-refractivity contribution in [2.24, 2.45) is 11.3 Å². The fourth-order valence-electron chi connectivity index (χ4n) is 4.36. The van der Waals surface area contributed by atoms with E-state index in [-0.39, 0.29) is 12.4 Å². The second kappa shape index (κ2) is 6.62. The Balaban J connectivity index is 0.00000156. The van der Waals surface area contributed by atoms with Gasteiger partial charge in [-0.1, -0.05) is 23.7 Å². The summed E-state index contributed by atoms with van der Waals surface area (Å²) in [4.78, 5) is 14.9. The molecule has 0 bridgehead atoms. The summed E-state index contributed by atoms with van der Waals surface area (Å²) in [5, 5.41) is 4.19. The molecule has 4 rings (SSSR count). The Kier molecular flexibility index (Phi) is 4.91. The largest absolute Gasteiger partial charge is 0.342 e. The van der Waals surface area contributed by atoms with Crippen LogP contribution in [0.15, 0.2) is 24.3 Å². The number of hydrogen-bond acceptors (Lipinski definition) is 2. The number of rotatable bonds is 2. The predicted octanol–water partition coefficient (Wildman–Crippen LogP) is 3.47. The first-order chi connectivity index (χ1) is 10.7. The fourth-order valence-corrected chi connectivity index (χ4v) is 4.49. The molecule has 2 aliphatic heterocycles. The summed E-state index contributed by atoms with van der Waals surface area (Å²) in [6, 6.07) is 8.11. The normalized spacial score (nSPS) is 28.5. The molecule has 3 fully saturated rings. The van der Waals surface area contributed by atoms with Crippen LogP contribution in [-0.2, 0) is 4.79 Å². The van der Waals surface area contributed by atoms with E-state index in [4.69, 9.17) is 11.6 Å². The molecule has 5 heteroatoms. The van der Waals surface area contributed by atoms with E-state index in [1.54, 1.807) is 0 Å². The minimum Gasteiger partial charge on any atom is -0.342 e. The summed E-state index contributed by atoms with van der Waals surface area (Å²) in [7, 11) is 0. The van der Waals surface area contributed by atoms with E-state index >= 15 is 0 Å². The van der Waals surface area contributed by atoms with Gasteiger partial charge in [-0.05, 0) is 61.9 Å². The molecular formula is C18H24Cl2N2O. The quantitative estimate of drug-likeness (QED) is 0.881. The van der Waals surface area contributed by atoms with Crippen LogP contribution in [0.4, 0.5) is 0 Å². The molecular weight excluding hydrogens is 331 g/mol. The molecule has 1 amide bonds. The molecule has 1 N–H and O–H groups in total. The molecule has 1 saturated carbocycles. The summed E-state index contributed by atoms with van der Waals surface area (Å²) < 4.78 is 0. The predicted molar refractivity (Wildman–Crippen MR) is 95.3 cm³/mol. The minimum atomic E-state index is 0. The van der Waals surface area contributed by atoms with E-state index in [0.29, 0.717) is 23.2 Å². The maximum atomic E-state index is 12.8. The van der Waals surface area contributed by atoms with Crippen LogP contribution in [0.5, 0.6) is 0 Å². The summed E-state index contributed by atoms with van der Waals surface area (Å²) in [6.45, 7) is 3.95. The smallest absolute Gasteiger partial charge is 0.226 e. The lowest BCUT2D eigenvalue weighted by Crippen LogP contribution is -2.35. The highest BCUT2D eigenvalue weighted by molar-refractivity contribution is 6.30. The van der Waals surface area contributed by atoms with Crippen molar-refractivity contribution in [1.29, 1.82) is 0 Å². The lowest BCUT2D eigenvalue weighted by Gasteiger charge is -2.25. The Bertz CT molecular complexity index is 569. The monoisotopic (exact) mass is 354 g/mol. The third-order valence-electron chi connectivity index (χ3n) is 5.93. The number of carbonyl (C=O) groups is 1. The van der Waals surface area contributed by atoms with Crippen molar-refractivity contribution in [3.05, 3.63) is 34.9 Å². The Labute approximate surface area is 149 Å². The summed E-state index contributed by atoms with van der Waals surface area (Å²) in [6.07, 6.45) is 4.56. The molecule has 2 heterocycles. The van der Waals surface area contributed by atoms with Gasteiger partial charge in [0, 0.05) is 29.9 Å². The highest BCUT2D eigenvalue weighted by atomic mass is 35.5. The number of benzene rings is 1. The average molecular weight is 355 g/mol. The molecule has 1 spiro atoms. The van der Waals surface area contributed by atoms with Crippen molar-refractivity contribution in [3.8, 4) is 0 Å². The van der Waals surface area contributed by atoms with Gasteiger partial charge in [0.05, 0.1) is 0 Å². The number of likely N-dealkylation sites (tertiary alicyclic amines) is 1. The molecule has 3 aliphatic rings. The van der Waals surface area contributed by atoms with Gasteiger partial charge in [0.2, 0.25) is 5.91 Å². The topological polar surface area (TPSA) is 32.3 Å². The van der Waals surface area contributed by atoms with Crippen LogP contribution in [0, 0.1) is 11.3 Å². The number of amides is 1. The van der Waals surface area contributed by atoms with E-state index in [2.05, 4.69) is 22.3 Å². The van der Waals surface area contributed by atoms with Crippen LogP contribution in [0.3, 0.4) is 0 Å². The van der Waals surface area contributed by atoms with E-state index in [1.807, 2.05) is 12.1 Å². The first-order valence-electron chi connectivity index (χ1n) is 8.43. The van der Waals surface area contributed by atoms with E-state index in [1.165, 1.54) is 18.4 Å². The standard InChI is InChI=1S/C18H23ClN2O.ClH/c19-15-3-1-13(2-4-15)14-5-10-21(12-14)17(22)16-11-18(16)6-8-20-9-7-18;/h1-4,14,16,20H,5-12H2;1H. The molecule has 1 aliphatic carbocycles. The highest BCUT2D eigenvalue weighted by Gasteiger charge is 2.58. The first kappa shape index (κ1) is 17.1. The zero-order valence-corrected chi connectivity index (χ0v) is 14.8. The molecule has 126 valence electrons. The average Bonchev–Trinajstić information content (AvgIpc) is 3.00. The van der Waals surface area contributed by atoms with Crippen molar-refractivity contribution < 1.29 is 4.79 Å². The van der Waals surface area contributed by atoms with Crippen LogP contribution in [0.2, 0.25) is 5.02 Å². The molecule has 23 heavy (non-hydrogen) atoms. The van der Waals surface area contributed by atoms with E-state index < -0.39 is 0 Å². The lowest BCUT2D eigenvalue weighted by molar-refractivity contribution is -0.132. The second-order valence-corrected chi connectivity index (χ2v) is 7.63. The van der Waals surface area contributed by atoms with Crippen LogP contribution in [-0.4, -0.2) is 37.0 Å². The maximum Gasteiger partial charge on any atom is 0.226 e. The Morgan fingerprint density at radius 2 is 1.91 bits per heavy atom. The molecule has 2 atom stereocenters. The van der Waals surface area contributed by atoms with Gasteiger partial charge in [-0.15, -0.1) is 12.4 Å². The number of carbonyl (C=O) groups excluding carboxylic acids is 1. The zero-order chi connectivity index (χ0) is 15.2. The van der Waals surface area contributed by atoms with Crippen molar-refractivity contribution in [3.63, 3.8) is 0 Å². The highest BCUT2D eigenvalue weighted by Crippen LogP contribution is 2.59. The third kappa shape index (κ3) is 3.24. The Morgan fingerprint density at radius 3 is 2.61 bits per heavy atom. The summed E-state index contributed by atoms with van der Waals surface area (Å²) >= 11 is 5.96. The Hall–Kier alpha value is -0.770. The summed E-state index contributed by atoms with van der Waals surface area (Å²) in [5.41, 5.74) is 1.66. The first-order valence-corrected chi connectivity index (χ1v) is 8.81. The second-order valence-electron chi connectivity index (χ2n) is 7.19. The van der Waals surface area contributed by atoms with Gasteiger partial charge in [-0.25, -0.2) is 0 Å². The fraction of sp³-hybridized carbons (Fsp3) is 0.611. The van der Waals surface area contributed by atoms with E-state index in [0.717, 1.165) is 44.0 Å². The van der Waals surface area contributed by atoms with Crippen molar-refractivity contribution in [1.82, 2.24) is 10.2 Å². The molecule has 1 aromatic carbocycles. The third-order valence-corrected chi connectivity index (χ3v) is 6.18. The summed E-state index contributed by atoms with van der Waals surface area (Å²) in [5.74, 6) is 1.20. The van der Waals surface area contributed by atoms with Crippen molar-refractivity contribution in [2.75, 3.05) is 26.2 Å². The van der Waals surface area contributed by atoms with Gasteiger partial charge in [0.1, 0.15) is 0 Å². The molecule has 3 nitrogen and oxygen atoms in total. The number of hydrogen-bond donors (Lipinski definition) is 1. The van der Waals surface area contributed by atoms with E-state index in [9.17, 15) is 4.79 Å². The van der Waals surface area contributed by atoms with Gasteiger partial charge < -0.3 is 10.2 Å². The number of piperidine rings is 1. The molecule has 0 aromatic heterocycles. The molecule has 2 unspecified atom stereocenters. The van der Waals surface area contributed by atoms with Gasteiger partial charge in [-0.2, -0.15) is 0 Å².